The third-order valence-corrected chi connectivity index (χ3v) is 5.71. The van der Waals surface area contributed by atoms with Crippen LogP contribution >= 0.6 is 0 Å². The van der Waals surface area contributed by atoms with E-state index in [1.54, 1.807) is 12.1 Å². The van der Waals surface area contributed by atoms with Crippen LogP contribution in [0, 0.1) is 5.92 Å². The Morgan fingerprint density at radius 3 is 2.69 bits per heavy atom. The van der Waals surface area contributed by atoms with Crippen molar-refractivity contribution in [3.05, 3.63) is 40.6 Å². The van der Waals surface area contributed by atoms with Crippen molar-refractivity contribution in [3.63, 3.8) is 0 Å². The molecule has 0 aromatic carbocycles. The maximum atomic E-state index is 12.8. The van der Waals surface area contributed by atoms with Gasteiger partial charge in [-0.2, -0.15) is 0 Å². The van der Waals surface area contributed by atoms with Crippen LogP contribution in [0.25, 0.3) is 11.3 Å². The second-order valence-corrected chi connectivity index (χ2v) is 7.86. The number of nitrogens with two attached hydrogens (primary N) is 2. The topological polar surface area (TPSA) is 137 Å². The van der Waals surface area contributed by atoms with Gasteiger partial charge in [0.2, 0.25) is 11.8 Å². The van der Waals surface area contributed by atoms with E-state index in [1.165, 1.54) is 6.33 Å². The van der Waals surface area contributed by atoms with Gasteiger partial charge in [0, 0.05) is 61.8 Å². The number of anilines is 1. The number of nitrogen functional groups attached to an aromatic ring is 1. The van der Waals surface area contributed by atoms with Crippen LogP contribution in [-0.4, -0.2) is 44.3 Å². The SMILES string of the molecule is NC(=O)CCCC(=O)N1C[C@@H]2C[C@H](C1)c1cc(-c3cc(N)ncn3)cc(=O)n1C2. The molecule has 0 radical (unpaired) electrons. The van der Waals surface area contributed by atoms with E-state index < -0.39 is 0 Å². The van der Waals surface area contributed by atoms with E-state index in [4.69, 9.17) is 11.5 Å². The molecule has 0 spiro atoms. The summed E-state index contributed by atoms with van der Waals surface area (Å²) in [6.45, 7) is 1.81. The number of hydrogen-bond donors (Lipinski definition) is 2. The fraction of sp³-hybridized carbons (Fsp3) is 0.450. The van der Waals surface area contributed by atoms with Crippen LogP contribution in [0.1, 0.15) is 37.3 Å². The molecule has 1 fully saturated rings. The van der Waals surface area contributed by atoms with Gasteiger partial charge in [-0.25, -0.2) is 9.97 Å². The van der Waals surface area contributed by atoms with Gasteiger partial charge in [0.05, 0.1) is 5.69 Å². The average Bonchev–Trinajstić information content (AvgIpc) is 2.68. The van der Waals surface area contributed by atoms with Crippen LogP contribution in [0.2, 0.25) is 0 Å². The van der Waals surface area contributed by atoms with Gasteiger partial charge < -0.3 is 20.9 Å². The van der Waals surface area contributed by atoms with Gasteiger partial charge in [-0.1, -0.05) is 0 Å². The second kappa shape index (κ2) is 7.65. The summed E-state index contributed by atoms with van der Waals surface area (Å²) in [5.41, 5.74) is 13.1. The molecule has 2 aromatic heterocycles. The first-order valence-electron chi connectivity index (χ1n) is 9.79. The number of aromatic nitrogens is 3. The number of pyridine rings is 1. The van der Waals surface area contributed by atoms with E-state index in [-0.39, 0.29) is 35.6 Å². The third kappa shape index (κ3) is 3.98. The zero-order valence-electron chi connectivity index (χ0n) is 16.1. The molecule has 2 atom stereocenters. The molecule has 4 N–H and O–H groups in total. The molecule has 2 bridgehead atoms. The summed E-state index contributed by atoms with van der Waals surface area (Å²) in [5.74, 6) is 0.336. The molecular weight excluding hydrogens is 372 g/mol. The van der Waals surface area contributed by atoms with Crippen LogP contribution in [0.15, 0.2) is 29.3 Å². The zero-order chi connectivity index (χ0) is 20.5. The Morgan fingerprint density at radius 1 is 1.10 bits per heavy atom. The van der Waals surface area contributed by atoms with E-state index in [9.17, 15) is 14.4 Å². The average molecular weight is 396 g/mol. The van der Waals surface area contributed by atoms with E-state index in [0.29, 0.717) is 49.6 Å². The minimum absolute atomic E-state index is 0.0384. The Morgan fingerprint density at radius 2 is 1.93 bits per heavy atom. The summed E-state index contributed by atoms with van der Waals surface area (Å²) in [4.78, 5) is 46.2. The first-order chi connectivity index (χ1) is 13.9. The predicted molar refractivity (Wildman–Crippen MR) is 107 cm³/mol. The predicted octanol–water partition coefficient (Wildman–Crippen LogP) is 0.489. The standard InChI is InChI=1S/C20H24N6O3/c21-17-7-15(23-11-24-17)13-5-16-14-4-12(9-26(16)20(29)6-13)8-25(10-14)19(28)3-1-2-18(22)27/h5-7,11-12,14H,1-4,8-10H2,(H2,22,27)(H2,21,23,24)/t12-,14+/m0/s1. The Labute approximate surface area is 167 Å². The van der Waals surface area contributed by atoms with Gasteiger partial charge in [0.15, 0.2) is 0 Å². The van der Waals surface area contributed by atoms with E-state index in [2.05, 4.69) is 9.97 Å². The van der Waals surface area contributed by atoms with Crippen molar-refractivity contribution in [2.75, 3.05) is 18.8 Å². The minimum atomic E-state index is -0.389. The lowest BCUT2D eigenvalue weighted by Gasteiger charge is -2.43. The molecule has 2 aromatic rings. The summed E-state index contributed by atoms with van der Waals surface area (Å²) >= 11 is 0. The Hall–Kier alpha value is -3.23. The molecule has 2 amide bonds. The highest BCUT2D eigenvalue weighted by Crippen LogP contribution is 2.36. The van der Waals surface area contributed by atoms with Gasteiger partial charge in [0.1, 0.15) is 12.1 Å². The molecule has 29 heavy (non-hydrogen) atoms. The Balaban J connectivity index is 1.58. The number of hydrogen-bond acceptors (Lipinski definition) is 6. The summed E-state index contributed by atoms with van der Waals surface area (Å²) in [6, 6.07) is 5.21. The number of rotatable bonds is 5. The highest BCUT2D eigenvalue weighted by atomic mass is 16.2. The fourth-order valence-electron chi connectivity index (χ4n) is 4.41. The Kier molecular flexibility index (Phi) is 5.04. The van der Waals surface area contributed by atoms with Crippen LogP contribution in [-0.2, 0) is 16.1 Å². The van der Waals surface area contributed by atoms with Crippen LogP contribution in [0.4, 0.5) is 5.82 Å². The van der Waals surface area contributed by atoms with E-state index in [0.717, 1.165) is 12.1 Å². The lowest BCUT2D eigenvalue weighted by atomic mass is 9.82. The molecule has 0 saturated carbocycles. The second-order valence-electron chi connectivity index (χ2n) is 7.86. The molecule has 9 nitrogen and oxygen atoms in total. The summed E-state index contributed by atoms with van der Waals surface area (Å²) in [5, 5.41) is 0. The van der Waals surface area contributed by atoms with Gasteiger partial charge >= 0.3 is 0 Å². The van der Waals surface area contributed by atoms with Crippen molar-refractivity contribution in [2.24, 2.45) is 11.7 Å². The maximum absolute atomic E-state index is 12.8. The molecule has 2 aliphatic heterocycles. The summed E-state index contributed by atoms with van der Waals surface area (Å²) < 4.78 is 1.82. The summed E-state index contributed by atoms with van der Waals surface area (Å²) in [7, 11) is 0. The van der Waals surface area contributed by atoms with Crippen LogP contribution in [0.5, 0.6) is 0 Å². The number of likely N-dealkylation sites (tertiary alicyclic amines) is 1. The number of nitrogens with zero attached hydrogens (tertiary/aromatic N) is 4. The van der Waals surface area contributed by atoms with Gasteiger partial charge in [-0.15, -0.1) is 0 Å². The molecule has 0 aliphatic carbocycles. The fourth-order valence-corrected chi connectivity index (χ4v) is 4.41. The molecule has 152 valence electrons. The normalized spacial score (nSPS) is 20.2. The van der Waals surface area contributed by atoms with Crippen molar-refractivity contribution in [1.29, 1.82) is 0 Å². The first kappa shape index (κ1) is 19.1. The zero-order valence-corrected chi connectivity index (χ0v) is 16.1. The quantitative estimate of drug-likeness (QED) is 0.754. The van der Waals surface area contributed by atoms with Crippen LogP contribution in [0.3, 0.4) is 0 Å². The van der Waals surface area contributed by atoms with Crippen molar-refractivity contribution < 1.29 is 9.59 Å². The molecule has 9 heteroatoms. The molecular formula is C20H24N6O3. The van der Waals surface area contributed by atoms with Crippen molar-refractivity contribution in [3.8, 4) is 11.3 Å². The number of primary amides is 1. The minimum Gasteiger partial charge on any atom is -0.384 e. The first-order valence-corrected chi connectivity index (χ1v) is 9.79. The molecule has 4 heterocycles. The van der Waals surface area contributed by atoms with Crippen molar-refractivity contribution >= 4 is 17.6 Å². The van der Waals surface area contributed by atoms with Gasteiger partial charge in [-0.3, -0.25) is 14.4 Å². The molecule has 2 aliphatic rings. The van der Waals surface area contributed by atoms with Gasteiger partial charge in [-0.05, 0) is 24.8 Å². The third-order valence-electron chi connectivity index (χ3n) is 5.71. The number of piperidine rings is 1. The van der Waals surface area contributed by atoms with Crippen molar-refractivity contribution in [1.82, 2.24) is 19.4 Å². The van der Waals surface area contributed by atoms with E-state index >= 15 is 0 Å². The number of fused-ring (bicyclic) bond motifs is 4. The number of carbonyl (C=O) groups is 2. The number of carbonyl (C=O) groups excluding carboxylic acids is 2. The Bertz CT molecular complexity index is 1020. The largest absolute Gasteiger partial charge is 0.384 e. The monoisotopic (exact) mass is 396 g/mol. The smallest absolute Gasteiger partial charge is 0.251 e. The molecule has 1 saturated heterocycles. The summed E-state index contributed by atoms with van der Waals surface area (Å²) in [6.07, 6.45) is 3.32. The van der Waals surface area contributed by atoms with E-state index in [1.807, 2.05) is 15.5 Å². The molecule has 0 unspecified atom stereocenters. The number of amides is 2. The highest BCUT2D eigenvalue weighted by molar-refractivity contribution is 5.78. The maximum Gasteiger partial charge on any atom is 0.251 e. The highest BCUT2D eigenvalue weighted by Gasteiger charge is 2.36. The van der Waals surface area contributed by atoms with Gasteiger partial charge in [0.25, 0.3) is 5.56 Å². The van der Waals surface area contributed by atoms with Crippen molar-refractivity contribution in [2.45, 2.75) is 38.1 Å². The molecule has 4 rings (SSSR count). The lowest BCUT2D eigenvalue weighted by molar-refractivity contribution is -0.134. The van der Waals surface area contributed by atoms with Crippen LogP contribution < -0.4 is 17.0 Å². The lowest BCUT2D eigenvalue weighted by Crippen LogP contribution is -2.49.